The van der Waals surface area contributed by atoms with E-state index in [9.17, 15) is 0 Å². The highest BCUT2D eigenvalue weighted by Gasteiger charge is 2.37. The molecule has 4 unspecified atom stereocenters. The van der Waals surface area contributed by atoms with E-state index in [4.69, 9.17) is 4.74 Å². The van der Waals surface area contributed by atoms with Crippen molar-refractivity contribution in [1.82, 2.24) is 10.2 Å². The van der Waals surface area contributed by atoms with Gasteiger partial charge in [0.25, 0.3) is 0 Å². The Balaban J connectivity index is 2.00. The van der Waals surface area contributed by atoms with Crippen molar-refractivity contribution in [2.45, 2.75) is 77.5 Å². The first-order valence-corrected chi connectivity index (χ1v) is 8.68. The van der Waals surface area contributed by atoms with Gasteiger partial charge in [0.2, 0.25) is 0 Å². The minimum absolute atomic E-state index is 0.276. The van der Waals surface area contributed by atoms with E-state index in [1.54, 1.807) is 0 Å². The lowest BCUT2D eigenvalue weighted by atomic mass is 9.88. The van der Waals surface area contributed by atoms with Crippen molar-refractivity contribution in [3.63, 3.8) is 0 Å². The van der Waals surface area contributed by atoms with Crippen molar-refractivity contribution < 1.29 is 4.74 Å². The molecule has 2 heterocycles. The minimum Gasteiger partial charge on any atom is -0.377 e. The Morgan fingerprint density at radius 2 is 2.15 bits per heavy atom. The molecule has 0 saturated carbocycles. The molecule has 1 N–H and O–H groups in total. The second kappa shape index (κ2) is 7.24. The van der Waals surface area contributed by atoms with Crippen LogP contribution in [0.5, 0.6) is 0 Å². The molecular formula is C17H34N2O. The van der Waals surface area contributed by atoms with Crippen molar-refractivity contribution in [3.8, 4) is 0 Å². The van der Waals surface area contributed by atoms with Gasteiger partial charge >= 0.3 is 0 Å². The Kier molecular flexibility index (Phi) is 5.88. The van der Waals surface area contributed by atoms with Crippen LogP contribution in [0.1, 0.15) is 59.8 Å². The lowest BCUT2D eigenvalue weighted by molar-refractivity contribution is -0.0365. The molecule has 0 radical (unpaired) electrons. The summed E-state index contributed by atoms with van der Waals surface area (Å²) < 4.78 is 5.98. The summed E-state index contributed by atoms with van der Waals surface area (Å²) in [6.07, 6.45) is 6.77. The van der Waals surface area contributed by atoms with Crippen molar-refractivity contribution >= 4 is 0 Å². The number of nitrogens with zero attached hydrogens (tertiary/aromatic N) is 1. The molecule has 0 aromatic rings. The highest BCUT2D eigenvalue weighted by molar-refractivity contribution is 4.96. The van der Waals surface area contributed by atoms with Gasteiger partial charge in [0.15, 0.2) is 0 Å². The van der Waals surface area contributed by atoms with E-state index in [0.717, 1.165) is 25.6 Å². The van der Waals surface area contributed by atoms with Gasteiger partial charge in [-0.3, -0.25) is 4.90 Å². The molecule has 0 spiro atoms. The van der Waals surface area contributed by atoms with Gasteiger partial charge in [-0.2, -0.15) is 0 Å². The van der Waals surface area contributed by atoms with Crippen LogP contribution in [-0.2, 0) is 4.74 Å². The first kappa shape index (κ1) is 16.3. The molecule has 3 heteroatoms. The zero-order valence-corrected chi connectivity index (χ0v) is 14.0. The zero-order chi connectivity index (χ0) is 14.6. The highest BCUT2D eigenvalue weighted by Crippen LogP contribution is 2.26. The highest BCUT2D eigenvalue weighted by atomic mass is 16.5. The van der Waals surface area contributed by atoms with Crippen LogP contribution < -0.4 is 5.32 Å². The number of ether oxygens (including phenoxy) is 1. The number of hydrogen-bond acceptors (Lipinski definition) is 3. The summed E-state index contributed by atoms with van der Waals surface area (Å²) in [5.74, 6) is 0.757. The van der Waals surface area contributed by atoms with Crippen LogP contribution in [0.3, 0.4) is 0 Å². The summed E-state index contributed by atoms with van der Waals surface area (Å²) in [7, 11) is 0. The van der Waals surface area contributed by atoms with Gasteiger partial charge in [-0.1, -0.05) is 27.2 Å². The maximum Gasteiger partial charge on any atom is 0.0702 e. The van der Waals surface area contributed by atoms with Gasteiger partial charge < -0.3 is 10.1 Å². The van der Waals surface area contributed by atoms with Crippen molar-refractivity contribution in [3.05, 3.63) is 0 Å². The van der Waals surface area contributed by atoms with Gasteiger partial charge in [0, 0.05) is 37.8 Å². The molecule has 20 heavy (non-hydrogen) atoms. The van der Waals surface area contributed by atoms with Crippen LogP contribution in [0.15, 0.2) is 0 Å². The molecule has 2 saturated heterocycles. The fraction of sp³-hybridized carbons (Fsp3) is 1.00. The molecule has 0 aromatic carbocycles. The Morgan fingerprint density at radius 1 is 1.35 bits per heavy atom. The van der Waals surface area contributed by atoms with Gasteiger partial charge in [-0.15, -0.1) is 0 Å². The largest absolute Gasteiger partial charge is 0.377 e. The lowest BCUT2D eigenvalue weighted by Gasteiger charge is -2.49. The molecule has 0 aromatic heterocycles. The second-order valence-corrected chi connectivity index (χ2v) is 7.17. The molecule has 2 aliphatic heterocycles. The number of piperazine rings is 1. The van der Waals surface area contributed by atoms with E-state index >= 15 is 0 Å². The van der Waals surface area contributed by atoms with E-state index in [1.165, 1.54) is 38.6 Å². The average molecular weight is 282 g/mol. The Bertz CT molecular complexity index is 291. The Labute approximate surface area is 125 Å². The lowest BCUT2D eigenvalue weighted by Crippen LogP contribution is -2.65. The van der Waals surface area contributed by atoms with Gasteiger partial charge in [0.05, 0.1) is 6.10 Å². The van der Waals surface area contributed by atoms with Gasteiger partial charge in [-0.05, 0) is 38.5 Å². The summed E-state index contributed by atoms with van der Waals surface area (Å²) in [5, 5.41) is 3.80. The van der Waals surface area contributed by atoms with Gasteiger partial charge in [0.1, 0.15) is 0 Å². The number of nitrogens with one attached hydrogen (secondary N) is 1. The van der Waals surface area contributed by atoms with E-state index in [-0.39, 0.29) is 5.54 Å². The van der Waals surface area contributed by atoms with E-state index in [1.807, 2.05) is 0 Å². The van der Waals surface area contributed by atoms with Crippen molar-refractivity contribution in [2.24, 2.45) is 5.92 Å². The Morgan fingerprint density at radius 3 is 2.75 bits per heavy atom. The summed E-state index contributed by atoms with van der Waals surface area (Å²) in [5.41, 5.74) is 0.276. The zero-order valence-electron chi connectivity index (χ0n) is 14.0. The topological polar surface area (TPSA) is 24.5 Å². The van der Waals surface area contributed by atoms with Crippen LogP contribution >= 0.6 is 0 Å². The number of hydrogen-bond donors (Lipinski definition) is 1. The van der Waals surface area contributed by atoms with E-state index in [0.29, 0.717) is 12.1 Å². The molecule has 2 fully saturated rings. The van der Waals surface area contributed by atoms with E-state index in [2.05, 4.69) is 37.9 Å². The third-order valence-electron chi connectivity index (χ3n) is 5.55. The van der Waals surface area contributed by atoms with Crippen LogP contribution in [0.4, 0.5) is 0 Å². The van der Waals surface area contributed by atoms with Crippen LogP contribution in [0, 0.1) is 5.92 Å². The fourth-order valence-electron chi connectivity index (χ4n) is 3.58. The molecule has 0 bridgehead atoms. The maximum absolute atomic E-state index is 5.98. The van der Waals surface area contributed by atoms with E-state index < -0.39 is 0 Å². The summed E-state index contributed by atoms with van der Waals surface area (Å²) in [6.45, 7) is 13.8. The van der Waals surface area contributed by atoms with Crippen LogP contribution in [-0.4, -0.2) is 48.8 Å². The summed E-state index contributed by atoms with van der Waals surface area (Å²) >= 11 is 0. The molecule has 0 amide bonds. The van der Waals surface area contributed by atoms with Crippen molar-refractivity contribution in [2.75, 3.05) is 26.2 Å². The first-order valence-electron chi connectivity index (χ1n) is 8.68. The summed E-state index contributed by atoms with van der Waals surface area (Å²) in [4.78, 5) is 2.73. The average Bonchev–Trinajstić information content (AvgIpc) is 2.48. The third-order valence-corrected chi connectivity index (χ3v) is 5.55. The molecule has 4 atom stereocenters. The van der Waals surface area contributed by atoms with Crippen molar-refractivity contribution in [1.29, 1.82) is 0 Å². The molecule has 2 rings (SSSR count). The molecular weight excluding hydrogens is 248 g/mol. The quantitative estimate of drug-likeness (QED) is 0.839. The standard InChI is InChI=1S/C17H34N2O/c1-5-14(3)16-11-18-17(4,6-2)13-19(16)12-15-9-7-8-10-20-15/h14-16,18H,5-13H2,1-4H3. The Hall–Kier alpha value is -0.120. The monoisotopic (exact) mass is 282 g/mol. The predicted octanol–water partition coefficient (Wildman–Crippen LogP) is 3.04. The SMILES string of the molecule is CCC(C)C1CNC(C)(CC)CN1CC1CCCCO1. The second-order valence-electron chi connectivity index (χ2n) is 7.17. The maximum atomic E-state index is 5.98. The third kappa shape index (κ3) is 3.96. The minimum atomic E-state index is 0.276. The fourth-order valence-corrected chi connectivity index (χ4v) is 3.58. The van der Waals surface area contributed by atoms with Crippen LogP contribution in [0.2, 0.25) is 0 Å². The molecule has 118 valence electrons. The first-order chi connectivity index (χ1) is 9.58. The van der Waals surface area contributed by atoms with Crippen LogP contribution in [0.25, 0.3) is 0 Å². The molecule has 2 aliphatic rings. The van der Waals surface area contributed by atoms with Gasteiger partial charge in [-0.25, -0.2) is 0 Å². The smallest absolute Gasteiger partial charge is 0.0702 e. The normalized spacial score (nSPS) is 37.8. The predicted molar refractivity (Wildman–Crippen MR) is 85.1 cm³/mol. The molecule has 0 aliphatic carbocycles. The molecule has 3 nitrogen and oxygen atoms in total. The summed E-state index contributed by atoms with van der Waals surface area (Å²) in [6, 6.07) is 0.671. The number of rotatable bonds is 5.